The number of rotatable bonds is 2. The molecular formula is C10H9ClN4O. The van der Waals surface area contributed by atoms with Gasteiger partial charge in [-0.2, -0.15) is 0 Å². The van der Waals surface area contributed by atoms with Gasteiger partial charge in [-0.25, -0.2) is 4.98 Å². The lowest BCUT2D eigenvalue weighted by Crippen LogP contribution is -2.16. The Morgan fingerprint density at radius 2 is 2.31 bits per heavy atom. The van der Waals surface area contributed by atoms with E-state index in [-0.39, 0.29) is 5.84 Å². The van der Waals surface area contributed by atoms with Crippen molar-refractivity contribution >= 4 is 17.4 Å². The molecule has 0 spiro atoms. The average molecular weight is 237 g/mol. The number of nitrogens with zero attached hydrogens (tertiary/aromatic N) is 3. The summed E-state index contributed by atoms with van der Waals surface area (Å²) in [5.41, 5.74) is 6.87. The summed E-state index contributed by atoms with van der Waals surface area (Å²) in [6.45, 7) is 0. The summed E-state index contributed by atoms with van der Waals surface area (Å²) in [5.74, 6) is 0.0281. The smallest absolute Gasteiger partial charge is 0.172 e. The lowest BCUT2D eigenvalue weighted by molar-refractivity contribution is 0.318. The van der Waals surface area contributed by atoms with Gasteiger partial charge in [0.05, 0.1) is 12.0 Å². The fraction of sp³-hybridized carbons (Fsp3) is 0. The van der Waals surface area contributed by atoms with Gasteiger partial charge in [-0.3, -0.25) is 0 Å². The van der Waals surface area contributed by atoms with Crippen LogP contribution >= 0.6 is 11.6 Å². The van der Waals surface area contributed by atoms with Crippen molar-refractivity contribution in [2.45, 2.75) is 0 Å². The van der Waals surface area contributed by atoms with E-state index >= 15 is 0 Å². The highest BCUT2D eigenvalue weighted by atomic mass is 35.5. The Morgan fingerprint density at radius 3 is 2.94 bits per heavy atom. The Balaban J connectivity index is 2.62. The zero-order valence-electron chi connectivity index (χ0n) is 8.21. The summed E-state index contributed by atoms with van der Waals surface area (Å²) in [6.07, 6.45) is 5.00. The normalized spacial score (nSPS) is 11.7. The van der Waals surface area contributed by atoms with Crippen LogP contribution in [-0.4, -0.2) is 20.6 Å². The molecule has 82 valence electrons. The van der Waals surface area contributed by atoms with Gasteiger partial charge in [0.15, 0.2) is 5.84 Å². The Hall–Kier alpha value is -2.01. The van der Waals surface area contributed by atoms with Crippen molar-refractivity contribution in [1.82, 2.24) is 9.55 Å². The van der Waals surface area contributed by atoms with E-state index in [0.717, 1.165) is 0 Å². The van der Waals surface area contributed by atoms with E-state index in [1.807, 2.05) is 0 Å². The minimum atomic E-state index is 0.0281. The summed E-state index contributed by atoms with van der Waals surface area (Å²) >= 11 is 5.90. The summed E-state index contributed by atoms with van der Waals surface area (Å²) in [7, 11) is 0. The lowest BCUT2D eigenvalue weighted by Gasteiger charge is -2.09. The highest BCUT2D eigenvalue weighted by Crippen LogP contribution is 2.19. The molecule has 3 N–H and O–H groups in total. The monoisotopic (exact) mass is 236 g/mol. The highest BCUT2D eigenvalue weighted by Gasteiger charge is 2.09. The van der Waals surface area contributed by atoms with Gasteiger partial charge in [0.25, 0.3) is 0 Å². The molecular weight excluding hydrogens is 228 g/mol. The number of nitrogens with two attached hydrogens (primary N) is 1. The number of hydrogen-bond acceptors (Lipinski definition) is 3. The van der Waals surface area contributed by atoms with Crippen LogP contribution in [0.3, 0.4) is 0 Å². The van der Waals surface area contributed by atoms with Gasteiger partial charge in [0, 0.05) is 23.0 Å². The molecule has 6 heteroatoms. The first-order valence-electron chi connectivity index (χ1n) is 4.48. The SMILES string of the molecule is NC(=NO)c1ccc(Cl)cc1-n1ccnc1. The molecule has 0 bridgehead atoms. The van der Waals surface area contributed by atoms with E-state index in [1.54, 1.807) is 41.5 Å². The second-order valence-electron chi connectivity index (χ2n) is 3.12. The van der Waals surface area contributed by atoms with E-state index < -0.39 is 0 Å². The predicted molar refractivity (Wildman–Crippen MR) is 61.1 cm³/mol. The van der Waals surface area contributed by atoms with E-state index in [9.17, 15) is 0 Å². The third kappa shape index (κ3) is 1.85. The zero-order valence-corrected chi connectivity index (χ0v) is 8.96. The van der Waals surface area contributed by atoms with E-state index in [0.29, 0.717) is 16.3 Å². The molecule has 1 aromatic carbocycles. The Bertz CT molecular complexity index is 522. The zero-order chi connectivity index (χ0) is 11.5. The Morgan fingerprint density at radius 1 is 1.50 bits per heavy atom. The molecule has 0 saturated heterocycles. The Kier molecular flexibility index (Phi) is 2.78. The molecule has 0 saturated carbocycles. The maximum Gasteiger partial charge on any atom is 0.172 e. The molecule has 0 radical (unpaired) electrons. The van der Waals surface area contributed by atoms with Gasteiger partial charge < -0.3 is 15.5 Å². The van der Waals surface area contributed by atoms with Gasteiger partial charge >= 0.3 is 0 Å². The second kappa shape index (κ2) is 4.24. The average Bonchev–Trinajstić information content (AvgIpc) is 2.81. The van der Waals surface area contributed by atoms with Crippen molar-refractivity contribution < 1.29 is 5.21 Å². The fourth-order valence-electron chi connectivity index (χ4n) is 1.39. The quantitative estimate of drug-likeness (QED) is 0.360. The first-order valence-corrected chi connectivity index (χ1v) is 4.86. The molecule has 0 fully saturated rings. The van der Waals surface area contributed by atoms with E-state index in [2.05, 4.69) is 10.1 Å². The first-order chi connectivity index (χ1) is 7.72. The van der Waals surface area contributed by atoms with E-state index in [4.69, 9.17) is 22.5 Å². The van der Waals surface area contributed by atoms with Crippen LogP contribution in [0.2, 0.25) is 5.02 Å². The van der Waals surface area contributed by atoms with Crippen molar-refractivity contribution in [3.8, 4) is 5.69 Å². The van der Waals surface area contributed by atoms with Gasteiger partial charge in [-0.05, 0) is 18.2 Å². The highest BCUT2D eigenvalue weighted by molar-refractivity contribution is 6.31. The van der Waals surface area contributed by atoms with Crippen LogP contribution in [0.25, 0.3) is 5.69 Å². The number of oxime groups is 1. The standard InChI is InChI=1S/C10H9ClN4O/c11-7-1-2-8(10(12)14-16)9(5-7)15-4-3-13-6-15/h1-6,16H,(H2,12,14). The molecule has 0 unspecified atom stereocenters. The molecule has 5 nitrogen and oxygen atoms in total. The van der Waals surface area contributed by atoms with Gasteiger partial charge in [0.1, 0.15) is 0 Å². The number of halogens is 1. The minimum Gasteiger partial charge on any atom is -0.409 e. The number of hydrogen-bond donors (Lipinski definition) is 2. The van der Waals surface area contributed by atoms with Crippen molar-refractivity contribution in [1.29, 1.82) is 0 Å². The van der Waals surface area contributed by atoms with Crippen LogP contribution in [0.15, 0.2) is 42.1 Å². The van der Waals surface area contributed by atoms with Crippen LogP contribution in [-0.2, 0) is 0 Å². The van der Waals surface area contributed by atoms with Crippen molar-refractivity contribution in [2.75, 3.05) is 0 Å². The summed E-state index contributed by atoms with van der Waals surface area (Å²) < 4.78 is 1.74. The third-order valence-corrected chi connectivity index (χ3v) is 2.36. The molecule has 2 aromatic rings. The molecule has 16 heavy (non-hydrogen) atoms. The molecule has 0 aliphatic rings. The van der Waals surface area contributed by atoms with Crippen LogP contribution in [0.1, 0.15) is 5.56 Å². The number of aromatic nitrogens is 2. The minimum absolute atomic E-state index is 0.0281. The van der Waals surface area contributed by atoms with Gasteiger partial charge in [-0.1, -0.05) is 16.8 Å². The van der Waals surface area contributed by atoms with Crippen LogP contribution in [0.4, 0.5) is 0 Å². The van der Waals surface area contributed by atoms with Crippen molar-refractivity contribution in [2.24, 2.45) is 10.9 Å². The molecule has 2 rings (SSSR count). The van der Waals surface area contributed by atoms with Crippen LogP contribution in [0, 0.1) is 0 Å². The van der Waals surface area contributed by atoms with Gasteiger partial charge in [-0.15, -0.1) is 0 Å². The molecule has 0 amide bonds. The summed E-state index contributed by atoms with van der Waals surface area (Å²) in [6, 6.07) is 5.08. The molecule has 0 aliphatic heterocycles. The Labute approximate surface area is 96.8 Å². The summed E-state index contributed by atoms with van der Waals surface area (Å²) in [5, 5.41) is 12.2. The topological polar surface area (TPSA) is 76.4 Å². The number of benzene rings is 1. The largest absolute Gasteiger partial charge is 0.409 e. The van der Waals surface area contributed by atoms with E-state index in [1.165, 1.54) is 0 Å². The third-order valence-electron chi connectivity index (χ3n) is 2.13. The number of amidine groups is 1. The maximum atomic E-state index is 8.68. The predicted octanol–water partition coefficient (Wildman–Crippen LogP) is 1.62. The molecule has 1 aromatic heterocycles. The lowest BCUT2D eigenvalue weighted by atomic mass is 10.1. The molecule has 1 heterocycles. The first kappa shape index (κ1) is 10.5. The van der Waals surface area contributed by atoms with Gasteiger partial charge in [0.2, 0.25) is 0 Å². The fourth-order valence-corrected chi connectivity index (χ4v) is 1.56. The molecule has 0 atom stereocenters. The van der Waals surface area contributed by atoms with Crippen molar-refractivity contribution in [3.63, 3.8) is 0 Å². The summed E-state index contributed by atoms with van der Waals surface area (Å²) in [4.78, 5) is 3.93. The number of imidazole rings is 1. The molecule has 0 aliphatic carbocycles. The van der Waals surface area contributed by atoms with Crippen LogP contribution in [0.5, 0.6) is 0 Å². The maximum absolute atomic E-state index is 8.68. The van der Waals surface area contributed by atoms with Crippen LogP contribution < -0.4 is 5.73 Å². The van der Waals surface area contributed by atoms with Crippen molar-refractivity contribution in [3.05, 3.63) is 47.5 Å². The second-order valence-corrected chi connectivity index (χ2v) is 3.55.